The maximum Gasteiger partial charge on any atom is 0.0502 e. The molecule has 0 aromatic heterocycles. The summed E-state index contributed by atoms with van der Waals surface area (Å²) in [5, 5.41) is 0. The Balaban J connectivity index is 3.58. The van der Waals surface area contributed by atoms with Gasteiger partial charge in [-0.25, -0.2) is 0 Å². The van der Waals surface area contributed by atoms with Gasteiger partial charge in [-0.2, -0.15) is 0 Å². The lowest BCUT2D eigenvalue weighted by molar-refractivity contribution is 0.640. The first-order chi connectivity index (χ1) is 4.22. The molecule has 0 aromatic carbocycles. The summed E-state index contributed by atoms with van der Waals surface area (Å²) in [7, 11) is 0. The highest BCUT2D eigenvalue weighted by Gasteiger charge is 2.08. The first-order valence-corrected chi connectivity index (χ1v) is 3.54. The van der Waals surface area contributed by atoms with Gasteiger partial charge < -0.3 is 0 Å². The van der Waals surface area contributed by atoms with Crippen LogP contribution in [0.25, 0.3) is 0 Å². The molecule has 0 bridgehead atoms. The van der Waals surface area contributed by atoms with E-state index in [4.69, 9.17) is 6.42 Å². The summed E-state index contributed by atoms with van der Waals surface area (Å²) in [5.74, 6) is 4.53. The van der Waals surface area contributed by atoms with Crippen LogP contribution >= 0.6 is 0 Å². The summed E-state index contributed by atoms with van der Waals surface area (Å²) in [6, 6.07) is 0. The molecule has 0 aliphatic carbocycles. The maximum absolute atomic E-state index is 5.27. The average Bonchev–Trinajstić information content (AvgIpc) is 1.82. The number of rotatable bonds is 3. The van der Waals surface area contributed by atoms with E-state index >= 15 is 0 Å². The molecule has 0 nitrogen and oxygen atoms in total. The number of terminal acetylenes is 1. The first-order valence-electron chi connectivity index (χ1n) is 3.54. The Bertz CT molecular complexity index is 95.1. The van der Waals surface area contributed by atoms with Crippen molar-refractivity contribution in [2.75, 3.05) is 0 Å². The Morgan fingerprint density at radius 2 is 2.11 bits per heavy atom. The van der Waals surface area contributed by atoms with E-state index in [2.05, 4.69) is 26.7 Å². The van der Waals surface area contributed by atoms with Crippen molar-refractivity contribution in [3.8, 4) is 12.3 Å². The van der Waals surface area contributed by atoms with Crippen molar-refractivity contribution in [1.29, 1.82) is 0 Å². The van der Waals surface area contributed by atoms with Gasteiger partial charge in [-0.05, 0) is 12.3 Å². The van der Waals surface area contributed by atoms with Crippen molar-refractivity contribution in [2.24, 2.45) is 5.92 Å². The van der Waals surface area contributed by atoms with Gasteiger partial charge in [0.05, 0.1) is 5.92 Å². The summed E-state index contributed by atoms with van der Waals surface area (Å²) in [6.45, 7) is 6.44. The normalized spacial score (nSPS) is 10.2. The van der Waals surface area contributed by atoms with Gasteiger partial charge in [-0.15, -0.1) is 6.42 Å². The van der Waals surface area contributed by atoms with E-state index in [-0.39, 0.29) is 0 Å². The minimum atomic E-state index is 0.565. The van der Waals surface area contributed by atoms with Crippen LogP contribution in [0.4, 0.5) is 0 Å². The lowest BCUT2D eigenvalue weighted by Crippen LogP contribution is -2.01. The molecule has 9 heavy (non-hydrogen) atoms. The Morgan fingerprint density at radius 3 is 2.22 bits per heavy atom. The Hall–Kier alpha value is -0.440. The van der Waals surface area contributed by atoms with Crippen LogP contribution in [0.5, 0.6) is 0 Å². The third-order valence-electron chi connectivity index (χ3n) is 1.40. The molecule has 0 aliphatic rings. The molecule has 0 heteroatoms. The third-order valence-corrected chi connectivity index (χ3v) is 1.40. The molecule has 0 N–H and O–H groups in total. The van der Waals surface area contributed by atoms with Crippen LogP contribution in [-0.4, -0.2) is 0 Å². The predicted octanol–water partition coefficient (Wildman–Crippen LogP) is 2.65. The number of hydrogen-bond donors (Lipinski definition) is 0. The molecule has 0 heterocycles. The van der Waals surface area contributed by atoms with Gasteiger partial charge in [-0.3, -0.25) is 0 Å². The van der Waals surface area contributed by atoms with Crippen LogP contribution in [0.3, 0.4) is 0 Å². The SMILES string of the molecule is C#C[C](CCC)C(C)C. The number of hydrogen-bond acceptors (Lipinski definition) is 0. The second-order valence-electron chi connectivity index (χ2n) is 2.57. The van der Waals surface area contributed by atoms with E-state index in [0.717, 1.165) is 12.8 Å². The van der Waals surface area contributed by atoms with Gasteiger partial charge in [0.25, 0.3) is 0 Å². The molecule has 0 rings (SSSR count). The molecule has 0 aromatic rings. The summed E-state index contributed by atoms with van der Waals surface area (Å²) < 4.78 is 0. The van der Waals surface area contributed by atoms with Gasteiger partial charge in [0.2, 0.25) is 0 Å². The van der Waals surface area contributed by atoms with Crippen LogP contribution in [0.1, 0.15) is 33.6 Å². The molecule has 1 radical (unpaired) electrons. The molecule has 0 atom stereocenters. The smallest absolute Gasteiger partial charge is 0.0502 e. The second kappa shape index (κ2) is 4.44. The first kappa shape index (κ1) is 8.56. The van der Waals surface area contributed by atoms with Gasteiger partial charge >= 0.3 is 0 Å². The fourth-order valence-corrected chi connectivity index (χ4v) is 0.797. The minimum absolute atomic E-state index is 0.565. The predicted molar refractivity (Wildman–Crippen MR) is 41.8 cm³/mol. The van der Waals surface area contributed by atoms with E-state index in [0.29, 0.717) is 5.92 Å². The quantitative estimate of drug-likeness (QED) is 0.506. The van der Waals surface area contributed by atoms with Crippen LogP contribution in [0.2, 0.25) is 0 Å². The third kappa shape index (κ3) is 3.19. The molecule has 0 saturated carbocycles. The Kier molecular flexibility index (Phi) is 4.22. The minimum Gasteiger partial charge on any atom is -0.119 e. The highest BCUT2D eigenvalue weighted by molar-refractivity contribution is 5.17. The molecule has 0 fully saturated rings. The lowest BCUT2D eigenvalue weighted by atomic mass is 9.92. The topological polar surface area (TPSA) is 0 Å². The maximum atomic E-state index is 5.27. The van der Waals surface area contributed by atoms with Crippen LogP contribution in [0.15, 0.2) is 0 Å². The van der Waals surface area contributed by atoms with E-state index in [1.807, 2.05) is 0 Å². The monoisotopic (exact) mass is 123 g/mol. The standard InChI is InChI=1S/C9H15/c1-5-7-9(6-2)8(3)4/h2,8H,5,7H2,1,3-4H3. The van der Waals surface area contributed by atoms with Crippen LogP contribution in [0, 0.1) is 24.2 Å². The molecule has 0 aliphatic heterocycles. The molecule has 0 amide bonds. The average molecular weight is 123 g/mol. The molecule has 0 spiro atoms. The molecule has 0 saturated heterocycles. The van der Waals surface area contributed by atoms with Crippen molar-refractivity contribution < 1.29 is 0 Å². The molecule has 51 valence electrons. The van der Waals surface area contributed by atoms with E-state index in [1.54, 1.807) is 0 Å². The molecular formula is C9H15. The highest BCUT2D eigenvalue weighted by atomic mass is 14.1. The van der Waals surface area contributed by atoms with E-state index in [9.17, 15) is 0 Å². The van der Waals surface area contributed by atoms with Gasteiger partial charge in [-0.1, -0.05) is 33.1 Å². The van der Waals surface area contributed by atoms with Crippen molar-refractivity contribution in [3.05, 3.63) is 5.92 Å². The van der Waals surface area contributed by atoms with E-state index in [1.165, 1.54) is 5.92 Å². The van der Waals surface area contributed by atoms with E-state index < -0.39 is 0 Å². The van der Waals surface area contributed by atoms with Crippen molar-refractivity contribution in [3.63, 3.8) is 0 Å². The van der Waals surface area contributed by atoms with Crippen LogP contribution in [-0.2, 0) is 0 Å². The second-order valence-corrected chi connectivity index (χ2v) is 2.57. The van der Waals surface area contributed by atoms with Crippen molar-refractivity contribution in [1.82, 2.24) is 0 Å². The van der Waals surface area contributed by atoms with Gasteiger partial charge in [0.15, 0.2) is 0 Å². The van der Waals surface area contributed by atoms with Gasteiger partial charge in [0.1, 0.15) is 0 Å². The summed E-state index contributed by atoms with van der Waals surface area (Å²) in [4.78, 5) is 0. The lowest BCUT2D eigenvalue weighted by Gasteiger charge is -2.10. The Morgan fingerprint density at radius 1 is 1.56 bits per heavy atom. The summed E-state index contributed by atoms with van der Waals surface area (Å²) in [5.41, 5.74) is 0. The van der Waals surface area contributed by atoms with Crippen molar-refractivity contribution in [2.45, 2.75) is 33.6 Å². The fourth-order valence-electron chi connectivity index (χ4n) is 0.797. The zero-order valence-electron chi connectivity index (χ0n) is 6.57. The Labute approximate surface area is 58.7 Å². The highest BCUT2D eigenvalue weighted by Crippen LogP contribution is 2.17. The summed E-state index contributed by atoms with van der Waals surface area (Å²) >= 11 is 0. The van der Waals surface area contributed by atoms with Crippen LogP contribution < -0.4 is 0 Å². The zero-order valence-corrected chi connectivity index (χ0v) is 6.57. The van der Waals surface area contributed by atoms with Crippen molar-refractivity contribution >= 4 is 0 Å². The fraction of sp³-hybridized carbons (Fsp3) is 0.667. The largest absolute Gasteiger partial charge is 0.119 e. The summed E-state index contributed by atoms with van der Waals surface area (Å²) in [6.07, 6.45) is 7.53. The molecular weight excluding hydrogens is 108 g/mol. The zero-order chi connectivity index (χ0) is 7.28. The van der Waals surface area contributed by atoms with Gasteiger partial charge in [0, 0.05) is 0 Å². The molecule has 0 unspecified atom stereocenters.